The lowest BCUT2D eigenvalue weighted by Gasteiger charge is -2.26. The summed E-state index contributed by atoms with van der Waals surface area (Å²) in [6.07, 6.45) is 2.37. The van der Waals surface area contributed by atoms with Gasteiger partial charge in [-0.2, -0.15) is 0 Å². The monoisotopic (exact) mass is 446 g/mol. The third kappa shape index (κ3) is 8.30. The summed E-state index contributed by atoms with van der Waals surface area (Å²) in [7, 11) is 1.82. The molecular weight excluding hydrogens is 415 g/mol. The van der Waals surface area contributed by atoms with E-state index in [1.54, 1.807) is 0 Å². The molecule has 0 radical (unpaired) electrons. The molecule has 1 saturated heterocycles. The summed E-state index contributed by atoms with van der Waals surface area (Å²) in [6.45, 7) is 8.96. The van der Waals surface area contributed by atoms with Crippen molar-refractivity contribution in [1.82, 2.24) is 15.5 Å². The van der Waals surface area contributed by atoms with Crippen molar-refractivity contribution in [2.45, 2.75) is 26.3 Å². The predicted molar refractivity (Wildman–Crippen MR) is 111 cm³/mol. The minimum atomic E-state index is 0. The lowest BCUT2D eigenvalue weighted by molar-refractivity contribution is 0.0372. The fraction of sp³-hybridized carbons (Fsp3) is 0.611. The third-order valence-corrected chi connectivity index (χ3v) is 4.06. The minimum Gasteiger partial charge on any atom is -0.379 e. The van der Waals surface area contributed by atoms with Crippen LogP contribution < -0.4 is 10.6 Å². The van der Waals surface area contributed by atoms with Gasteiger partial charge in [0.2, 0.25) is 0 Å². The molecule has 1 fully saturated rings. The maximum atomic E-state index is 5.37. The second kappa shape index (κ2) is 12.5. The van der Waals surface area contributed by atoms with Gasteiger partial charge in [0.05, 0.1) is 13.2 Å². The fourth-order valence-corrected chi connectivity index (χ4v) is 2.72. The van der Waals surface area contributed by atoms with Gasteiger partial charge >= 0.3 is 0 Å². The van der Waals surface area contributed by atoms with Crippen LogP contribution in [0.15, 0.2) is 29.3 Å². The number of rotatable bonds is 7. The van der Waals surface area contributed by atoms with Crippen molar-refractivity contribution in [3.8, 4) is 0 Å². The van der Waals surface area contributed by atoms with E-state index in [1.807, 2.05) is 7.05 Å². The van der Waals surface area contributed by atoms with Crippen molar-refractivity contribution in [2.75, 3.05) is 46.4 Å². The molecule has 5 nitrogen and oxygen atoms in total. The Kier molecular flexibility index (Phi) is 11.0. The highest BCUT2D eigenvalue weighted by atomic mass is 127. The number of ether oxygens (including phenoxy) is 1. The average molecular weight is 446 g/mol. The van der Waals surface area contributed by atoms with Crippen molar-refractivity contribution in [3.63, 3.8) is 0 Å². The van der Waals surface area contributed by atoms with Crippen molar-refractivity contribution in [2.24, 2.45) is 4.99 Å². The number of nitrogens with zero attached hydrogens (tertiary/aromatic N) is 2. The van der Waals surface area contributed by atoms with E-state index in [4.69, 9.17) is 4.74 Å². The third-order valence-electron chi connectivity index (χ3n) is 4.06. The number of halogens is 1. The summed E-state index contributed by atoms with van der Waals surface area (Å²) in [5.74, 6) is 0.873. The Hall–Kier alpha value is -0.860. The minimum absolute atomic E-state index is 0. The highest BCUT2D eigenvalue weighted by Gasteiger charge is 2.09. The van der Waals surface area contributed by atoms with Crippen LogP contribution in [0.1, 0.15) is 24.0 Å². The van der Waals surface area contributed by atoms with E-state index >= 15 is 0 Å². The summed E-state index contributed by atoms with van der Waals surface area (Å²) in [4.78, 5) is 6.76. The molecule has 1 heterocycles. The van der Waals surface area contributed by atoms with E-state index in [2.05, 4.69) is 51.7 Å². The van der Waals surface area contributed by atoms with Crippen LogP contribution in [-0.4, -0.2) is 57.3 Å². The fourth-order valence-electron chi connectivity index (χ4n) is 2.72. The van der Waals surface area contributed by atoms with Gasteiger partial charge in [-0.1, -0.05) is 29.8 Å². The number of aryl methyl sites for hydroxylation is 1. The molecule has 0 amide bonds. The van der Waals surface area contributed by atoms with Crippen molar-refractivity contribution < 1.29 is 4.74 Å². The Morgan fingerprint density at radius 1 is 1.21 bits per heavy atom. The first-order valence-electron chi connectivity index (χ1n) is 8.58. The smallest absolute Gasteiger partial charge is 0.191 e. The summed E-state index contributed by atoms with van der Waals surface area (Å²) >= 11 is 0. The Morgan fingerprint density at radius 3 is 2.71 bits per heavy atom. The molecule has 0 spiro atoms. The number of hydrogen-bond acceptors (Lipinski definition) is 3. The second-order valence-electron chi connectivity index (χ2n) is 6.00. The lowest BCUT2D eigenvalue weighted by atomic mass is 10.1. The van der Waals surface area contributed by atoms with Gasteiger partial charge in [-0.05, 0) is 31.9 Å². The molecule has 1 aliphatic rings. The predicted octanol–water partition coefficient (Wildman–Crippen LogP) is 2.39. The van der Waals surface area contributed by atoms with Crippen LogP contribution in [0.2, 0.25) is 0 Å². The van der Waals surface area contributed by atoms with Gasteiger partial charge in [-0.15, -0.1) is 24.0 Å². The van der Waals surface area contributed by atoms with Crippen LogP contribution in [0, 0.1) is 6.92 Å². The van der Waals surface area contributed by atoms with Crippen molar-refractivity contribution in [3.05, 3.63) is 35.4 Å². The highest BCUT2D eigenvalue weighted by molar-refractivity contribution is 14.0. The van der Waals surface area contributed by atoms with Crippen molar-refractivity contribution >= 4 is 29.9 Å². The molecule has 2 rings (SSSR count). The van der Waals surface area contributed by atoms with Crippen LogP contribution >= 0.6 is 24.0 Å². The number of unbranched alkanes of at least 4 members (excludes halogenated alkanes) is 1. The summed E-state index contributed by atoms with van der Waals surface area (Å²) in [5, 5.41) is 6.75. The van der Waals surface area contributed by atoms with Crippen LogP contribution in [0.4, 0.5) is 0 Å². The molecule has 1 aliphatic heterocycles. The number of benzene rings is 1. The van der Waals surface area contributed by atoms with Crippen LogP contribution in [-0.2, 0) is 11.3 Å². The van der Waals surface area contributed by atoms with Crippen LogP contribution in [0.3, 0.4) is 0 Å². The van der Waals surface area contributed by atoms with Gasteiger partial charge in [0.15, 0.2) is 5.96 Å². The first kappa shape index (κ1) is 21.2. The number of morpholine rings is 1. The topological polar surface area (TPSA) is 48.9 Å². The van der Waals surface area contributed by atoms with Gasteiger partial charge in [0.1, 0.15) is 0 Å². The van der Waals surface area contributed by atoms with Crippen molar-refractivity contribution in [1.29, 1.82) is 0 Å². The van der Waals surface area contributed by atoms with Gasteiger partial charge < -0.3 is 15.4 Å². The summed E-state index contributed by atoms with van der Waals surface area (Å²) < 4.78 is 5.37. The standard InChI is InChI=1S/C18H30N4O.HI/c1-16-6-5-7-17(14-16)15-21-18(19-2)20-8-3-4-9-22-10-12-23-13-11-22;/h5-7,14H,3-4,8-13,15H2,1-2H3,(H2,19,20,21);1H. The molecule has 0 atom stereocenters. The molecule has 136 valence electrons. The Morgan fingerprint density at radius 2 is 2.00 bits per heavy atom. The molecule has 0 unspecified atom stereocenters. The summed E-state index contributed by atoms with van der Waals surface area (Å²) in [6, 6.07) is 8.54. The van der Waals surface area contributed by atoms with Gasteiger partial charge in [-0.3, -0.25) is 9.89 Å². The number of aliphatic imine (C=N–C) groups is 1. The SMILES string of the molecule is CN=C(NCCCCN1CCOCC1)NCc1cccc(C)c1.I. The lowest BCUT2D eigenvalue weighted by Crippen LogP contribution is -2.38. The van der Waals surface area contributed by atoms with E-state index in [9.17, 15) is 0 Å². The summed E-state index contributed by atoms with van der Waals surface area (Å²) in [5.41, 5.74) is 2.57. The molecule has 2 N–H and O–H groups in total. The van der Waals surface area contributed by atoms with E-state index in [-0.39, 0.29) is 24.0 Å². The Balaban J connectivity index is 0.00000288. The molecule has 6 heteroatoms. The molecule has 0 aliphatic carbocycles. The number of nitrogens with one attached hydrogen (secondary N) is 2. The zero-order valence-electron chi connectivity index (χ0n) is 14.9. The maximum absolute atomic E-state index is 5.37. The highest BCUT2D eigenvalue weighted by Crippen LogP contribution is 2.03. The molecule has 1 aromatic rings. The first-order valence-corrected chi connectivity index (χ1v) is 8.58. The van der Waals surface area contributed by atoms with Gasteiger partial charge in [0.25, 0.3) is 0 Å². The second-order valence-corrected chi connectivity index (χ2v) is 6.00. The largest absolute Gasteiger partial charge is 0.379 e. The zero-order valence-corrected chi connectivity index (χ0v) is 17.2. The molecule has 0 saturated carbocycles. The Bertz CT molecular complexity index is 490. The average Bonchev–Trinajstić information content (AvgIpc) is 2.58. The molecule has 1 aromatic carbocycles. The quantitative estimate of drug-likeness (QED) is 0.292. The zero-order chi connectivity index (χ0) is 16.3. The van der Waals surface area contributed by atoms with Crippen LogP contribution in [0.25, 0.3) is 0 Å². The van der Waals surface area contributed by atoms with Crippen LogP contribution in [0.5, 0.6) is 0 Å². The van der Waals surface area contributed by atoms with E-state index < -0.39 is 0 Å². The van der Waals surface area contributed by atoms with E-state index in [0.29, 0.717) is 0 Å². The maximum Gasteiger partial charge on any atom is 0.191 e. The Labute approximate surface area is 163 Å². The number of guanidine groups is 1. The molecule has 24 heavy (non-hydrogen) atoms. The molecular formula is C18H31IN4O. The van der Waals surface area contributed by atoms with E-state index in [1.165, 1.54) is 24.1 Å². The number of hydrogen-bond donors (Lipinski definition) is 2. The molecule has 0 bridgehead atoms. The first-order chi connectivity index (χ1) is 11.3. The van der Waals surface area contributed by atoms with E-state index in [0.717, 1.165) is 51.8 Å². The molecule has 0 aromatic heterocycles. The van der Waals surface area contributed by atoms with Gasteiger partial charge in [0, 0.05) is 33.2 Å². The normalized spacial score (nSPS) is 15.7. The van der Waals surface area contributed by atoms with Gasteiger partial charge in [-0.25, -0.2) is 0 Å².